The summed E-state index contributed by atoms with van der Waals surface area (Å²) in [6, 6.07) is 13.1. The van der Waals surface area contributed by atoms with E-state index in [0.29, 0.717) is 45.9 Å². The fourth-order valence-electron chi connectivity index (χ4n) is 3.45. The Hall–Kier alpha value is -2.91. The van der Waals surface area contributed by atoms with Crippen LogP contribution in [0.2, 0.25) is 0 Å². The van der Waals surface area contributed by atoms with Crippen molar-refractivity contribution in [1.29, 1.82) is 0 Å². The molecule has 1 aliphatic heterocycles. The Labute approximate surface area is 199 Å². The van der Waals surface area contributed by atoms with E-state index in [2.05, 4.69) is 37.7 Å². The standard InChI is InChI=1S/C23H21BrN4O3S/c1-4-12-32-23-25-21-20(26-27-23)15-8-6-7-9-17(15)28(19(29)5-2)22(31-21)16-13-14(24)10-11-18(16)30-3/h4,6-11,13,22H,1,5,12H2,2-3H3/t22-/m0/s1. The van der Waals surface area contributed by atoms with Crippen molar-refractivity contribution in [2.45, 2.75) is 24.7 Å². The number of methoxy groups -OCH3 is 1. The molecule has 0 radical (unpaired) electrons. The van der Waals surface area contributed by atoms with Crippen LogP contribution in [0.4, 0.5) is 5.69 Å². The summed E-state index contributed by atoms with van der Waals surface area (Å²) in [5, 5.41) is 9.12. The monoisotopic (exact) mass is 512 g/mol. The van der Waals surface area contributed by atoms with Crippen molar-refractivity contribution in [1.82, 2.24) is 15.2 Å². The number of carbonyl (C=O) groups is 1. The van der Waals surface area contributed by atoms with E-state index in [4.69, 9.17) is 9.47 Å². The van der Waals surface area contributed by atoms with Gasteiger partial charge in [-0.3, -0.25) is 9.69 Å². The Bertz CT molecular complexity index is 1170. The molecule has 9 heteroatoms. The van der Waals surface area contributed by atoms with E-state index in [1.807, 2.05) is 49.4 Å². The van der Waals surface area contributed by atoms with E-state index in [1.165, 1.54) is 11.8 Å². The molecule has 1 amide bonds. The maximum Gasteiger partial charge on any atom is 0.247 e. The molecule has 0 saturated heterocycles. The molecule has 32 heavy (non-hydrogen) atoms. The molecule has 0 unspecified atom stereocenters. The van der Waals surface area contributed by atoms with Crippen molar-refractivity contribution in [3.05, 3.63) is 65.2 Å². The number of halogens is 1. The first-order valence-electron chi connectivity index (χ1n) is 9.97. The Kier molecular flexibility index (Phi) is 6.76. The maximum absolute atomic E-state index is 13.2. The molecule has 164 valence electrons. The van der Waals surface area contributed by atoms with E-state index in [0.717, 1.165) is 10.0 Å². The van der Waals surface area contributed by atoms with E-state index in [-0.39, 0.29) is 5.91 Å². The molecule has 1 atom stereocenters. The van der Waals surface area contributed by atoms with Crippen molar-refractivity contribution in [2.24, 2.45) is 0 Å². The molecule has 0 N–H and O–H groups in total. The Balaban J connectivity index is 1.96. The third kappa shape index (κ3) is 4.22. The number of ether oxygens (including phenoxy) is 2. The average molecular weight is 513 g/mol. The highest BCUT2D eigenvalue weighted by molar-refractivity contribution is 9.10. The van der Waals surface area contributed by atoms with E-state index in [1.54, 1.807) is 18.1 Å². The number of fused-ring (bicyclic) bond motifs is 3. The summed E-state index contributed by atoms with van der Waals surface area (Å²) < 4.78 is 12.9. The number of benzene rings is 2. The molecule has 4 rings (SSSR count). The largest absolute Gasteiger partial charge is 0.496 e. The number of para-hydroxylation sites is 1. The van der Waals surface area contributed by atoms with E-state index < -0.39 is 6.23 Å². The minimum atomic E-state index is -0.814. The maximum atomic E-state index is 13.2. The van der Waals surface area contributed by atoms with Crippen molar-refractivity contribution in [2.75, 3.05) is 17.8 Å². The minimum Gasteiger partial charge on any atom is -0.496 e. The van der Waals surface area contributed by atoms with Crippen LogP contribution < -0.4 is 14.4 Å². The van der Waals surface area contributed by atoms with E-state index in [9.17, 15) is 4.79 Å². The number of aromatic nitrogens is 3. The van der Waals surface area contributed by atoms with Crippen molar-refractivity contribution in [3.8, 4) is 22.9 Å². The topological polar surface area (TPSA) is 77.4 Å². The minimum absolute atomic E-state index is 0.105. The number of amides is 1. The summed E-state index contributed by atoms with van der Waals surface area (Å²) in [5.74, 6) is 1.43. The number of anilines is 1. The average Bonchev–Trinajstić information content (AvgIpc) is 2.96. The molecule has 0 spiro atoms. The first-order valence-corrected chi connectivity index (χ1v) is 11.7. The zero-order valence-electron chi connectivity index (χ0n) is 17.6. The first kappa shape index (κ1) is 22.3. The number of thioether (sulfide) groups is 1. The second-order valence-corrected chi connectivity index (χ2v) is 8.74. The van der Waals surface area contributed by atoms with Crippen LogP contribution in [-0.2, 0) is 4.79 Å². The molecule has 0 aliphatic carbocycles. The number of hydrogen-bond donors (Lipinski definition) is 0. The van der Waals surface area contributed by atoms with Crippen molar-refractivity contribution in [3.63, 3.8) is 0 Å². The van der Waals surface area contributed by atoms with E-state index >= 15 is 0 Å². The fourth-order valence-corrected chi connectivity index (χ4v) is 4.34. The Morgan fingerprint density at radius 1 is 1.31 bits per heavy atom. The van der Waals surface area contributed by atoms with Gasteiger partial charge >= 0.3 is 0 Å². The predicted octanol–water partition coefficient (Wildman–Crippen LogP) is 5.42. The summed E-state index contributed by atoms with van der Waals surface area (Å²) in [6.45, 7) is 5.55. The lowest BCUT2D eigenvalue weighted by Crippen LogP contribution is -2.37. The zero-order chi connectivity index (χ0) is 22.7. The molecular formula is C23H21BrN4O3S. The van der Waals surface area contributed by atoms with Gasteiger partial charge < -0.3 is 9.47 Å². The highest BCUT2D eigenvalue weighted by atomic mass is 79.9. The van der Waals surface area contributed by atoms with Crippen LogP contribution >= 0.6 is 27.7 Å². The SMILES string of the molecule is C=CCSc1nnc2c(n1)O[C@@H](c1cc(Br)ccc1OC)N(C(=O)CC)c1ccccc1-2. The highest BCUT2D eigenvalue weighted by Gasteiger charge is 2.36. The van der Waals surface area contributed by atoms with Crippen LogP contribution in [0.3, 0.4) is 0 Å². The molecule has 0 fully saturated rings. The third-order valence-corrected chi connectivity index (χ3v) is 6.20. The summed E-state index contributed by atoms with van der Waals surface area (Å²) in [5.41, 5.74) is 2.56. The highest BCUT2D eigenvalue weighted by Crippen LogP contribution is 2.45. The second-order valence-electron chi connectivity index (χ2n) is 6.84. The van der Waals surface area contributed by atoms with Gasteiger partial charge in [-0.05, 0) is 24.3 Å². The van der Waals surface area contributed by atoms with Gasteiger partial charge in [0.05, 0.1) is 18.4 Å². The normalized spacial score (nSPS) is 14.6. The predicted molar refractivity (Wildman–Crippen MR) is 128 cm³/mol. The number of hydrogen-bond acceptors (Lipinski definition) is 7. The smallest absolute Gasteiger partial charge is 0.247 e. The van der Waals surface area contributed by atoms with Gasteiger partial charge in [-0.15, -0.1) is 16.8 Å². The number of nitrogens with zero attached hydrogens (tertiary/aromatic N) is 4. The third-order valence-electron chi connectivity index (χ3n) is 4.87. The lowest BCUT2D eigenvalue weighted by molar-refractivity contribution is -0.120. The number of carbonyl (C=O) groups excluding carboxylic acids is 1. The van der Waals surface area contributed by atoms with Crippen molar-refractivity contribution >= 4 is 39.3 Å². The van der Waals surface area contributed by atoms with Crippen molar-refractivity contribution < 1.29 is 14.3 Å². The molecule has 7 nitrogen and oxygen atoms in total. The molecule has 2 aromatic carbocycles. The Morgan fingerprint density at radius 2 is 2.12 bits per heavy atom. The zero-order valence-corrected chi connectivity index (χ0v) is 20.0. The van der Waals surface area contributed by atoms with Gasteiger partial charge in [-0.1, -0.05) is 58.9 Å². The summed E-state index contributed by atoms with van der Waals surface area (Å²) in [4.78, 5) is 19.5. The van der Waals surface area contributed by atoms with Crippen LogP contribution in [0.1, 0.15) is 25.1 Å². The van der Waals surface area contributed by atoms with Crippen LogP contribution in [0, 0.1) is 0 Å². The van der Waals surface area contributed by atoms with Gasteiger partial charge in [0, 0.05) is 22.2 Å². The molecule has 1 aliphatic rings. The van der Waals surface area contributed by atoms with Gasteiger partial charge in [0.1, 0.15) is 5.75 Å². The summed E-state index contributed by atoms with van der Waals surface area (Å²) >= 11 is 4.93. The molecule has 0 saturated carbocycles. The van der Waals surface area contributed by atoms with Crippen LogP contribution in [0.5, 0.6) is 11.6 Å². The first-order chi connectivity index (χ1) is 15.6. The van der Waals surface area contributed by atoms with Gasteiger partial charge in [-0.25, -0.2) is 0 Å². The van der Waals surface area contributed by atoms with Gasteiger partial charge in [0.15, 0.2) is 5.69 Å². The Morgan fingerprint density at radius 3 is 2.88 bits per heavy atom. The molecule has 1 aromatic heterocycles. The lowest BCUT2D eigenvalue weighted by Gasteiger charge is -2.31. The van der Waals surface area contributed by atoms with Crippen LogP contribution in [0.25, 0.3) is 11.3 Å². The lowest BCUT2D eigenvalue weighted by atomic mass is 10.1. The second kappa shape index (κ2) is 9.70. The summed E-state index contributed by atoms with van der Waals surface area (Å²) in [7, 11) is 1.59. The number of rotatable bonds is 6. The fraction of sp³-hybridized carbons (Fsp3) is 0.217. The van der Waals surface area contributed by atoms with Gasteiger partial charge in [0.25, 0.3) is 0 Å². The van der Waals surface area contributed by atoms with Gasteiger partial charge in [-0.2, -0.15) is 4.98 Å². The summed E-state index contributed by atoms with van der Waals surface area (Å²) in [6.07, 6.45) is 1.25. The molecular weight excluding hydrogens is 492 g/mol. The van der Waals surface area contributed by atoms with Crippen LogP contribution in [0.15, 0.2) is 64.7 Å². The van der Waals surface area contributed by atoms with Crippen LogP contribution in [-0.4, -0.2) is 34.0 Å². The molecule has 0 bridgehead atoms. The quantitative estimate of drug-likeness (QED) is 0.322. The van der Waals surface area contributed by atoms with Gasteiger partial charge in [0.2, 0.25) is 23.2 Å². The molecule has 3 aromatic rings. The molecule has 2 heterocycles.